The molecule has 0 radical (unpaired) electrons. The van der Waals surface area contributed by atoms with Crippen LogP contribution in [-0.4, -0.2) is 6.61 Å². The molecule has 0 aliphatic carbocycles. The van der Waals surface area contributed by atoms with Gasteiger partial charge in [-0.15, -0.1) is 0 Å². The fourth-order valence-corrected chi connectivity index (χ4v) is 3.30. The van der Waals surface area contributed by atoms with Crippen molar-refractivity contribution < 1.29 is 9.13 Å². The van der Waals surface area contributed by atoms with E-state index >= 15 is 0 Å². The van der Waals surface area contributed by atoms with Crippen LogP contribution in [0.15, 0.2) is 33.2 Å². The van der Waals surface area contributed by atoms with Crippen molar-refractivity contribution in [1.29, 1.82) is 0 Å². The van der Waals surface area contributed by atoms with E-state index in [9.17, 15) is 4.39 Å². The fourth-order valence-electron chi connectivity index (χ4n) is 2.38. The van der Waals surface area contributed by atoms with E-state index in [1.165, 1.54) is 11.6 Å². The minimum absolute atomic E-state index is 0.345. The van der Waals surface area contributed by atoms with E-state index in [4.69, 9.17) is 10.5 Å². The summed E-state index contributed by atoms with van der Waals surface area (Å²) >= 11 is 6.62. The number of halogens is 3. The normalized spacial score (nSPS) is 12.9. The first-order valence-electron chi connectivity index (χ1n) is 6.47. The second-order valence-corrected chi connectivity index (χ2v) is 6.63. The second kappa shape index (κ2) is 5.85. The minimum Gasteiger partial charge on any atom is -0.493 e. The van der Waals surface area contributed by atoms with Crippen LogP contribution in [0.2, 0.25) is 0 Å². The van der Waals surface area contributed by atoms with Crippen LogP contribution in [0.3, 0.4) is 0 Å². The third kappa shape index (κ3) is 3.01. The lowest BCUT2D eigenvalue weighted by molar-refractivity contribution is 0.354. The van der Waals surface area contributed by atoms with Crippen molar-refractivity contribution in [2.45, 2.75) is 13.0 Å². The van der Waals surface area contributed by atoms with E-state index in [2.05, 4.69) is 43.2 Å². The van der Waals surface area contributed by atoms with E-state index < -0.39 is 0 Å². The van der Waals surface area contributed by atoms with E-state index in [0.717, 1.165) is 22.2 Å². The molecule has 110 valence electrons. The van der Waals surface area contributed by atoms with Gasteiger partial charge in [0.05, 0.1) is 22.5 Å². The average molecular weight is 416 g/mol. The molecule has 0 spiro atoms. The van der Waals surface area contributed by atoms with Crippen LogP contribution in [0, 0.1) is 5.82 Å². The van der Waals surface area contributed by atoms with Gasteiger partial charge >= 0.3 is 0 Å². The molecule has 1 aliphatic rings. The number of benzene rings is 2. The predicted molar refractivity (Wildman–Crippen MR) is 89.2 cm³/mol. The summed E-state index contributed by atoms with van der Waals surface area (Å²) in [6, 6.07) is 7.01. The molecule has 3 N–H and O–H groups in total. The molecule has 2 aromatic rings. The molecule has 0 unspecified atom stereocenters. The maximum absolute atomic E-state index is 13.6. The lowest BCUT2D eigenvalue weighted by atomic mass is 10.1. The van der Waals surface area contributed by atoms with Gasteiger partial charge < -0.3 is 15.8 Å². The third-order valence-corrected chi connectivity index (χ3v) is 4.45. The number of fused-ring (bicyclic) bond motifs is 1. The van der Waals surface area contributed by atoms with Gasteiger partial charge in [0.25, 0.3) is 0 Å². The van der Waals surface area contributed by atoms with Crippen LogP contribution in [0.4, 0.5) is 15.8 Å². The van der Waals surface area contributed by atoms with Crippen molar-refractivity contribution in [2.75, 3.05) is 17.7 Å². The van der Waals surface area contributed by atoms with E-state index in [1.807, 2.05) is 6.07 Å². The molecule has 21 heavy (non-hydrogen) atoms. The highest BCUT2D eigenvalue weighted by Gasteiger charge is 2.17. The summed E-state index contributed by atoms with van der Waals surface area (Å²) in [5.41, 5.74) is 9.18. The van der Waals surface area contributed by atoms with Crippen molar-refractivity contribution in [2.24, 2.45) is 0 Å². The van der Waals surface area contributed by atoms with E-state index in [0.29, 0.717) is 29.0 Å². The smallest absolute Gasteiger partial charge is 0.139 e. The first kappa shape index (κ1) is 14.7. The molecule has 6 heteroatoms. The van der Waals surface area contributed by atoms with E-state index in [-0.39, 0.29) is 5.82 Å². The molecular formula is C15H13Br2FN2O. The minimum atomic E-state index is -0.345. The number of hydrogen-bond acceptors (Lipinski definition) is 3. The molecule has 0 fully saturated rings. The summed E-state index contributed by atoms with van der Waals surface area (Å²) in [4.78, 5) is 0. The monoisotopic (exact) mass is 414 g/mol. The summed E-state index contributed by atoms with van der Waals surface area (Å²) in [5, 5.41) is 3.17. The number of rotatable bonds is 3. The highest BCUT2D eigenvalue weighted by Crippen LogP contribution is 2.34. The fraction of sp³-hybridized carbons (Fsp3) is 0.200. The van der Waals surface area contributed by atoms with Crippen LogP contribution >= 0.6 is 31.9 Å². The molecular weight excluding hydrogens is 403 g/mol. The molecule has 1 heterocycles. The van der Waals surface area contributed by atoms with Gasteiger partial charge in [-0.2, -0.15) is 0 Å². The van der Waals surface area contributed by atoms with Crippen LogP contribution in [0.5, 0.6) is 5.75 Å². The van der Waals surface area contributed by atoms with Crippen molar-refractivity contribution in [3.05, 3.63) is 50.2 Å². The van der Waals surface area contributed by atoms with Crippen molar-refractivity contribution in [3.8, 4) is 5.75 Å². The van der Waals surface area contributed by atoms with Crippen LogP contribution in [0.25, 0.3) is 0 Å². The Morgan fingerprint density at radius 2 is 2.05 bits per heavy atom. The highest BCUT2D eigenvalue weighted by atomic mass is 79.9. The molecule has 0 aromatic heterocycles. The lowest BCUT2D eigenvalue weighted by Gasteiger charge is -2.13. The van der Waals surface area contributed by atoms with Gasteiger partial charge in [-0.3, -0.25) is 0 Å². The van der Waals surface area contributed by atoms with Gasteiger partial charge in [0, 0.05) is 29.1 Å². The molecule has 0 bridgehead atoms. The molecule has 0 saturated carbocycles. The zero-order chi connectivity index (χ0) is 15.0. The molecule has 0 saturated heterocycles. The van der Waals surface area contributed by atoms with Crippen LogP contribution in [-0.2, 0) is 13.0 Å². The van der Waals surface area contributed by atoms with Gasteiger partial charge in [0.15, 0.2) is 0 Å². The van der Waals surface area contributed by atoms with Gasteiger partial charge in [-0.05, 0) is 39.7 Å². The number of ether oxygens (including phenoxy) is 1. The third-order valence-electron chi connectivity index (χ3n) is 3.39. The average Bonchev–Trinajstić information content (AvgIpc) is 2.89. The molecule has 3 rings (SSSR count). The number of hydrogen-bond donors (Lipinski definition) is 2. The maximum Gasteiger partial charge on any atom is 0.139 e. The van der Waals surface area contributed by atoms with E-state index in [1.54, 1.807) is 6.07 Å². The Morgan fingerprint density at radius 3 is 2.86 bits per heavy atom. The Bertz CT molecular complexity index is 707. The number of anilines is 2. The van der Waals surface area contributed by atoms with Gasteiger partial charge in [0.2, 0.25) is 0 Å². The zero-order valence-electron chi connectivity index (χ0n) is 11.1. The second-order valence-electron chi connectivity index (χ2n) is 4.86. The first-order chi connectivity index (χ1) is 10.0. The lowest BCUT2D eigenvalue weighted by Crippen LogP contribution is -2.05. The number of nitrogens with one attached hydrogen (secondary N) is 1. The van der Waals surface area contributed by atoms with Crippen molar-refractivity contribution in [3.63, 3.8) is 0 Å². The Hall–Kier alpha value is -1.27. The molecule has 3 nitrogen and oxygen atoms in total. The summed E-state index contributed by atoms with van der Waals surface area (Å²) < 4.78 is 20.6. The Balaban J connectivity index is 1.84. The Kier molecular flexibility index (Phi) is 4.08. The van der Waals surface area contributed by atoms with Gasteiger partial charge in [0.1, 0.15) is 11.6 Å². The topological polar surface area (TPSA) is 47.3 Å². The standard InChI is InChI=1S/C15H13Br2FN2O/c16-10-3-8-1-2-21-15(8)9(4-10)7-20-14-6-12(18)11(17)5-13(14)19/h3-6,20H,1-2,7,19H2. The highest BCUT2D eigenvalue weighted by molar-refractivity contribution is 9.10. The summed E-state index contributed by atoms with van der Waals surface area (Å²) in [5.74, 6) is 0.573. The van der Waals surface area contributed by atoms with Gasteiger partial charge in [-0.25, -0.2) is 4.39 Å². The SMILES string of the molecule is Nc1cc(Br)c(F)cc1NCc1cc(Br)cc2c1OCC2. The summed E-state index contributed by atoms with van der Waals surface area (Å²) in [6.07, 6.45) is 0.914. The summed E-state index contributed by atoms with van der Waals surface area (Å²) in [6.45, 7) is 1.22. The Morgan fingerprint density at radius 1 is 1.24 bits per heavy atom. The molecule has 1 aliphatic heterocycles. The number of nitrogens with two attached hydrogens (primary N) is 1. The van der Waals surface area contributed by atoms with Gasteiger partial charge in [-0.1, -0.05) is 15.9 Å². The molecule has 0 atom stereocenters. The quantitative estimate of drug-likeness (QED) is 0.726. The largest absolute Gasteiger partial charge is 0.493 e. The number of nitrogen functional groups attached to an aromatic ring is 1. The van der Waals surface area contributed by atoms with Crippen molar-refractivity contribution in [1.82, 2.24) is 0 Å². The maximum atomic E-state index is 13.6. The van der Waals surface area contributed by atoms with Crippen LogP contribution in [0.1, 0.15) is 11.1 Å². The first-order valence-corrected chi connectivity index (χ1v) is 8.05. The van der Waals surface area contributed by atoms with Crippen molar-refractivity contribution >= 4 is 43.2 Å². The zero-order valence-corrected chi connectivity index (χ0v) is 14.2. The molecule has 2 aromatic carbocycles. The Labute approximate surface area is 138 Å². The predicted octanol–water partition coefficient (Wildman–Crippen LogP) is 4.48. The summed E-state index contributed by atoms with van der Waals surface area (Å²) in [7, 11) is 0. The van der Waals surface area contributed by atoms with Crippen LogP contribution < -0.4 is 15.8 Å². The molecule has 0 amide bonds.